The van der Waals surface area contributed by atoms with Gasteiger partial charge in [0, 0.05) is 5.69 Å². The summed E-state index contributed by atoms with van der Waals surface area (Å²) in [5.41, 5.74) is 8.53. The standard InChI is InChI=1S/C12H15N3O2S/c1-17-12(16)15-14-11(18)13-10-6-5-8-3-2-4-9(8)7-10/h5-7H,2-4H2,1H3,(H,15,16)(H2,13,14,18). The number of benzene rings is 1. The van der Waals surface area contributed by atoms with Crippen molar-refractivity contribution in [1.82, 2.24) is 10.9 Å². The van der Waals surface area contributed by atoms with Crippen LogP contribution < -0.4 is 16.2 Å². The fraction of sp³-hybridized carbons (Fsp3) is 0.333. The van der Waals surface area contributed by atoms with Crippen molar-refractivity contribution in [2.24, 2.45) is 0 Å². The summed E-state index contributed by atoms with van der Waals surface area (Å²) in [7, 11) is 1.29. The van der Waals surface area contributed by atoms with Crippen molar-refractivity contribution in [2.75, 3.05) is 12.4 Å². The molecule has 5 nitrogen and oxygen atoms in total. The lowest BCUT2D eigenvalue weighted by Gasteiger charge is -2.11. The van der Waals surface area contributed by atoms with Crippen LogP contribution in [0.1, 0.15) is 17.5 Å². The second-order valence-corrected chi connectivity index (χ2v) is 4.44. The van der Waals surface area contributed by atoms with Gasteiger partial charge in [-0.3, -0.25) is 5.43 Å². The van der Waals surface area contributed by atoms with Gasteiger partial charge in [-0.05, 0) is 54.7 Å². The zero-order valence-corrected chi connectivity index (χ0v) is 10.9. The van der Waals surface area contributed by atoms with Crippen molar-refractivity contribution in [3.8, 4) is 0 Å². The predicted molar refractivity (Wildman–Crippen MR) is 73.4 cm³/mol. The number of hydrazine groups is 1. The molecule has 1 aliphatic carbocycles. The molecule has 0 radical (unpaired) electrons. The number of carbonyl (C=O) groups excluding carboxylic acids is 1. The molecule has 0 bridgehead atoms. The maximum Gasteiger partial charge on any atom is 0.425 e. The van der Waals surface area contributed by atoms with Gasteiger partial charge in [-0.2, -0.15) is 0 Å². The molecule has 1 aromatic rings. The minimum absolute atomic E-state index is 0.318. The van der Waals surface area contributed by atoms with E-state index in [1.807, 2.05) is 6.07 Å². The number of hydrogen-bond donors (Lipinski definition) is 3. The number of ether oxygens (including phenoxy) is 1. The second-order valence-electron chi connectivity index (χ2n) is 4.03. The fourth-order valence-electron chi connectivity index (χ4n) is 1.97. The number of methoxy groups -OCH3 is 1. The van der Waals surface area contributed by atoms with E-state index in [-0.39, 0.29) is 0 Å². The van der Waals surface area contributed by atoms with Crippen LogP contribution in [0.3, 0.4) is 0 Å². The van der Waals surface area contributed by atoms with Crippen molar-refractivity contribution in [2.45, 2.75) is 19.3 Å². The first-order valence-corrected chi connectivity index (χ1v) is 6.12. The minimum Gasteiger partial charge on any atom is -0.452 e. The van der Waals surface area contributed by atoms with E-state index in [1.54, 1.807) is 0 Å². The molecule has 0 saturated carbocycles. The monoisotopic (exact) mass is 265 g/mol. The fourth-order valence-corrected chi connectivity index (χ4v) is 2.14. The van der Waals surface area contributed by atoms with Gasteiger partial charge in [-0.1, -0.05) is 6.07 Å². The number of rotatable bonds is 1. The van der Waals surface area contributed by atoms with Crippen molar-refractivity contribution in [1.29, 1.82) is 0 Å². The van der Waals surface area contributed by atoms with E-state index < -0.39 is 6.09 Å². The molecular formula is C12H15N3O2S. The maximum atomic E-state index is 10.8. The number of nitrogens with one attached hydrogen (secondary N) is 3. The lowest BCUT2D eigenvalue weighted by Crippen LogP contribution is -2.43. The summed E-state index contributed by atoms with van der Waals surface area (Å²) in [5, 5.41) is 3.32. The number of thiocarbonyl (C=S) groups is 1. The Morgan fingerprint density at radius 2 is 2.06 bits per heavy atom. The number of hydrogen-bond acceptors (Lipinski definition) is 3. The van der Waals surface area contributed by atoms with Crippen LogP contribution in [0.2, 0.25) is 0 Å². The maximum absolute atomic E-state index is 10.8. The van der Waals surface area contributed by atoms with E-state index in [4.69, 9.17) is 12.2 Å². The highest BCUT2D eigenvalue weighted by atomic mass is 32.1. The molecular weight excluding hydrogens is 250 g/mol. The third-order valence-corrected chi connectivity index (χ3v) is 3.02. The van der Waals surface area contributed by atoms with Gasteiger partial charge >= 0.3 is 6.09 Å². The van der Waals surface area contributed by atoms with E-state index in [2.05, 4.69) is 33.0 Å². The molecule has 1 aromatic carbocycles. The van der Waals surface area contributed by atoms with Crippen molar-refractivity contribution in [3.05, 3.63) is 29.3 Å². The molecule has 0 aliphatic heterocycles. The summed E-state index contributed by atoms with van der Waals surface area (Å²) in [6.07, 6.45) is 2.90. The van der Waals surface area contributed by atoms with Crippen LogP contribution in [0.4, 0.5) is 10.5 Å². The van der Waals surface area contributed by atoms with Crippen molar-refractivity contribution < 1.29 is 9.53 Å². The van der Waals surface area contributed by atoms with E-state index in [9.17, 15) is 4.79 Å². The molecule has 0 saturated heterocycles. The lowest BCUT2D eigenvalue weighted by atomic mass is 10.1. The van der Waals surface area contributed by atoms with Crippen LogP contribution in [0.15, 0.2) is 18.2 Å². The first-order valence-electron chi connectivity index (χ1n) is 5.72. The molecule has 0 unspecified atom stereocenters. The zero-order chi connectivity index (χ0) is 13.0. The predicted octanol–water partition coefficient (Wildman–Crippen LogP) is 1.73. The summed E-state index contributed by atoms with van der Waals surface area (Å²) in [6, 6.07) is 6.19. The SMILES string of the molecule is COC(=O)NNC(=S)Nc1ccc2c(c1)CCC2. The average molecular weight is 265 g/mol. The lowest BCUT2D eigenvalue weighted by molar-refractivity contribution is 0.169. The van der Waals surface area contributed by atoms with E-state index >= 15 is 0 Å². The van der Waals surface area contributed by atoms with Gasteiger partial charge in [-0.25, -0.2) is 10.2 Å². The Balaban J connectivity index is 1.89. The molecule has 18 heavy (non-hydrogen) atoms. The van der Waals surface area contributed by atoms with Crippen LogP contribution in [0, 0.1) is 0 Å². The number of anilines is 1. The molecule has 0 aromatic heterocycles. The van der Waals surface area contributed by atoms with Crippen LogP contribution in [-0.4, -0.2) is 18.3 Å². The Hall–Kier alpha value is -1.82. The normalized spacial score (nSPS) is 12.5. The molecule has 1 amide bonds. The molecule has 96 valence electrons. The Morgan fingerprint density at radius 1 is 1.28 bits per heavy atom. The first-order chi connectivity index (χ1) is 8.69. The first kappa shape index (κ1) is 12.6. The van der Waals surface area contributed by atoms with Gasteiger partial charge < -0.3 is 10.1 Å². The van der Waals surface area contributed by atoms with E-state index in [0.29, 0.717) is 5.11 Å². The highest BCUT2D eigenvalue weighted by Gasteiger charge is 2.11. The molecule has 0 heterocycles. The van der Waals surface area contributed by atoms with Gasteiger partial charge in [0.2, 0.25) is 0 Å². The largest absolute Gasteiger partial charge is 0.452 e. The van der Waals surface area contributed by atoms with Gasteiger partial charge in [0.05, 0.1) is 7.11 Å². The zero-order valence-electron chi connectivity index (χ0n) is 10.1. The summed E-state index contributed by atoms with van der Waals surface area (Å²) < 4.78 is 4.41. The molecule has 2 rings (SSSR count). The Morgan fingerprint density at radius 3 is 2.83 bits per heavy atom. The van der Waals surface area contributed by atoms with Crippen LogP contribution in [-0.2, 0) is 17.6 Å². The molecule has 6 heteroatoms. The summed E-state index contributed by atoms with van der Waals surface area (Å²) in [4.78, 5) is 10.8. The highest BCUT2D eigenvalue weighted by Crippen LogP contribution is 2.24. The second kappa shape index (κ2) is 5.68. The number of fused-ring (bicyclic) bond motifs is 1. The van der Waals surface area contributed by atoms with E-state index in [0.717, 1.165) is 18.5 Å². The third kappa shape index (κ3) is 3.10. The summed E-state index contributed by atoms with van der Waals surface area (Å²) in [5.74, 6) is 0. The quantitative estimate of drug-likeness (QED) is 0.533. The van der Waals surface area contributed by atoms with E-state index in [1.165, 1.54) is 24.7 Å². The highest BCUT2D eigenvalue weighted by molar-refractivity contribution is 7.80. The van der Waals surface area contributed by atoms with Crippen molar-refractivity contribution in [3.63, 3.8) is 0 Å². The van der Waals surface area contributed by atoms with Crippen LogP contribution >= 0.6 is 12.2 Å². The van der Waals surface area contributed by atoms with Gasteiger partial charge in [0.25, 0.3) is 0 Å². The number of amides is 1. The number of aryl methyl sites for hydroxylation is 2. The molecule has 0 atom stereocenters. The minimum atomic E-state index is -0.590. The molecule has 0 spiro atoms. The average Bonchev–Trinajstić information content (AvgIpc) is 2.83. The summed E-state index contributed by atoms with van der Waals surface area (Å²) >= 11 is 5.04. The Kier molecular flexibility index (Phi) is 3.99. The molecule has 0 fully saturated rings. The summed E-state index contributed by atoms with van der Waals surface area (Å²) in [6.45, 7) is 0. The van der Waals surface area contributed by atoms with Gasteiger partial charge in [-0.15, -0.1) is 0 Å². The molecule has 1 aliphatic rings. The third-order valence-electron chi connectivity index (χ3n) is 2.82. The van der Waals surface area contributed by atoms with Gasteiger partial charge in [0.15, 0.2) is 5.11 Å². The van der Waals surface area contributed by atoms with Crippen molar-refractivity contribution >= 4 is 29.1 Å². The Labute approximate surface area is 111 Å². The Bertz CT molecular complexity index is 476. The molecule has 3 N–H and O–H groups in total. The number of carbonyl (C=O) groups is 1. The topological polar surface area (TPSA) is 62.4 Å². The van der Waals surface area contributed by atoms with Crippen LogP contribution in [0.25, 0.3) is 0 Å². The van der Waals surface area contributed by atoms with Crippen LogP contribution in [0.5, 0.6) is 0 Å². The van der Waals surface area contributed by atoms with Gasteiger partial charge in [0.1, 0.15) is 0 Å². The smallest absolute Gasteiger partial charge is 0.425 e.